The first kappa shape index (κ1) is 34.7. The van der Waals surface area contributed by atoms with Crippen LogP contribution in [0.4, 0.5) is 11.4 Å². The van der Waals surface area contributed by atoms with Gasteiger partial charge < -0.3 is 21.5 Å². The number of pyridine rings is 1. The van der Waals surface area contributed by atoms with Crippen LogP contribution in [0.25, 0.3) is 0 Å². The van der Waals surface area contributed by atoms with Crippen LogP contribution < -0.4 is 17.0 Å². The number of aromatic nitrogens is 1. The van der Waals surface area contributed by atoms with Crippen LogP contribution >= 0.6 is 0 Å². The third-order valence-electron chi connectivity index (χ3n) is 8.17. The SMILES string of the molecule is CCCC(N)C(CC)CN(CC(CC)C(N)CCC)C(=O)c1ccc(N=Nc2c(C)c(C#N)c(O)n(CC)c2=O)cc1. The predicted octanol–water partition coefficient (Wildman–Crippen LogP) is 5.92. The summed E-state index contributed by atoms with van der Waals surface area (Å²) >= 11 is 0. The maximum atomic E-state index is 13.9. The lowest BCUT2D eigenvalue weighted by molar-refractivity contribution is 0.0670. The molecule has 1 amide bonds. The lowest BCUT2D eigenvalue weighted by Crippen LogP contribution is -2.46. The van der Waals surface area contributed by atoms with Crippen LogP contribution in [0, 0.1) is 30.1 Å². The lowest BCUT2D eigenvalue weighted by Gasteiger charge is -2.34. The second kappa shape index (κ2) is 16.8. The molecule has 42 heavy (non-hydrogen) atoms. The van der Waals surface area contributed by atoms with Crippen molar-refractivity contribution in [2.24, 2.45) is 33.5 Å². The molecule has 10 nitrogen and oxygen atoms in total. The fraction of sp³-hybridized carbons (Fsp3) is 0.594. The quantitative estimate of drug-likeness (QED) is 0.209. The summed E-state index contributed by atoms with van der Waals surface area (Å²) in [5, 5.41) is 28.0. The molecule has 0 saturated carbocycles. The van der Waals surface area contributed by atoms with Gasteiger partial charge >= 0.3 is 0 Å². The fourth-order valence-corrected chi connectivity index (χ4v) is 5.39. The zero-order chi connectivity index (χ0) is 31.4. The van der Waals surface area contributed by atoms with E-state index in [2.05, 4.69) is 37.9 Å². The van der Waals surface area contributed by atoms with E-state index < -0.39 is 5.56 Å². The van der Waals surface area contributed by atoms with Crippen molar-refractivity contribution in [3.05, 3.63) is 51.3 Å². The van der Waals surface area contributed by atoms with Gasteiger partial charge in [0.25, 0.3) is 11.5 Å². The second-order valence-electron chi connectivity index (χ2n) is 11.0. The van der Waals surface area contributed by atoms with Crippen LogP contribution in [0.3, 0.4) is 0 Å². The highest BCUT2D eigenvalue weighted by Gasteiger charge is 2.27. The van der Waals surface area contributed by atoms with Gasteiger partial charge in [0.15, 0.2) is 5.69 Å². The normalized spacial score (nSPS) is 14.4. The van der Waals surface area contributed by atoms with E-state index in [-0.39, 0.29) is 59.1 Å². The summed E-state index contributed by atoms with van der Waals surface area (Å²) in [4.78, 5) is 28.6. The molecule has 0 aliphatic heterocycles. The zero-order valence-electron chi connectivity index (χ0n) is 26.1. The largest absolute Gasteiger partial charge is 0.493 e. The molecule has 10 heteroatoms. The molecule has 0 aliphatic rings. The Morgan fingerprint density at radius 2 is 1.50 bits per heavy atom. The molecule has 0 fully saturated rings. The number of nitrogens with two attached hydrogens (primary N) is 2. The Hall–Kier alpha value is -3.55. The van der Waals surface area contributed by atoms with E-state index in [9.17, 15) is 20.0 Å². The Labute approximate surface area is 250 Å². The molecule has 1 aromatic heterocycles. The number of nitriles is 1. The zero-order valence-corrected chi connectivity index (χ0v) is 26.1. The fourth-order valence-electron chi connectivity index (χ4n) is 5.39. The van der Waals surface area contributed by atoms with Gasteiger partial charge in [-0.2, -0.15) is 10.4 Å². The number of hydrogen-bond acceptors (Lipinski definition) is 8. The molecular weight excluding hydrogens is 530 g/mol. The second-order valence-corrected chi connectivity index (χ2v) is 11.0. The molecule has 4 atom stereocenters. The number of aromatic hydroxyl groups is 1. The number of amides is 1. The number of hydrogen-bond donors (Lipinski definition) is 3. The minimum atomic E-state index is -0.531. The molecule has 5 N–H and O–H groups in total. The molecular formula is C32H49N7O3. The van der Waals surface area contributed by atoms with Crippen molar-refractivity contribution in [2.45, 2.75) is 98.7 Å². The van der Waals surface area contributed by atoms with E-state index >= 15 is 0 Å². The van der Waals surface area contributed by atoms with Crippen LogP contribution in [0.5, 0.6) is 5.88 Å². The van der Waals surface area contributed by atoms with Crippen molar-refractivity contribution < 1.29 is 9.90 Å². The van der Waals surface area contributed by atoms with Crippen LogP contribution in [0.2, 0.25) is 0 Å². The number of carbonyl (C=O) groups excluding carboxylic acids is 1. The van der Waals surface area contributed by atoms with Crippen molar-refractivity contribution in [2.75, 3.05) is 13.1 Å². The minimum Gasteiger partial charge on any atom is -0.493 e. The Kier molecular flexibility index (Phi) is 13.8. The molecule has 2 rings (SSSR count). The molecule has 0 bridgehead atoms. The van der Waals surface area contributed by atoms with Crippen LogP contribution in [-0.2, 0) is 6.54 Å². The van der Waals surface area contributed by atoms with Gasteiger partial charge in [0, 0.05) is 42.8 Å². The lowest BCUT2D eigenvalue weighted by atomic mass is 9.90. The molecule has 0 radical (unpaired) electrons. The summed E-state index contributed by atoms with van der Waals surface area (Å²) in [6.07, 6.45) is 5.57. The van der Waals surface area contributed by atoms with Gasteiger partial charge in [-0.1, -0.05) is 53.4 Å². The number of carbonyl (C=O) groups is 1. The van der Waals surface area contributed by atoms with E-state index in [0.29, 0.717) is 24.3 Å². The van der Waals surface area contributed by atoms with Gasteiger partial charge in [-0.15, -0.1) is 5.11 Å². The van der Waals surface area contributed by atoms with Crippen molar-refractivity contribution in [1.82, 2.24) is 9.47 Å². The van der Waals surface area contributed by atoms with Gasteiger partial charge in [0.1, 0.15) is 11.6 Å². The smallest absolute Gasteiger partial charge is 0.281 e. The first-order chi connectivity index (χ1) is 20.1. The summed E-state index contributed by atoms with van der Waals surface area (Å²) < 4.78 is 1.09. The summed E-state index contributed by atoms with van der Waals surface area (Å²) in [6.45, 7) is 13.0. The Balaban J connectivity index is 2.38. The van der Waals surface area contributed by atoms with Crippen LogP contribution in [-0.4, -0.2) is 45.7 Å². The molecule has 2 aromatic rings. The number of nitrogens with zero attached hydrogens (tertiary/aromatic N) is 5. The average Bonchev–Trinajstić information content (AvgIpc) is 2.98. The topological polar surface area (TPSA) is 163 Å². The highest BCUT2D eigenvalue weighted by molar-refractivity contribution is 5.94. The van der Waals surface area contributed by atoms with Crippen molar-refractivity contribution in [3.8, 4) is 11.9 Å². The van der Waals surface area contributed by atoms with E-state index in [4.69, 9.17) is 11.5 Å². The molecule has 1 heterocycles. The van der Waals surface area contributed by atoms with Gasteiger partial charge in [-0.25, -0.2) is 0 Å². The summed E-state index contributed by atoms with van der Waals surface area (Å²) in [5.74, 6) is -0.0979. The van der Waals surface area contributed by atoms with E-state index in [1.165, 1.54) is 0 Å². The summed E-state index contributed by atoms with van der Waals surface area (Å²) in [5.41, 5.74) is 13.7. The third kappa shape index (κ3) is 8.49. The monoisotopic (exact) mass is 579 g/mol. The van der Waals surface area contributed by atoms with Crippen LogP contribution in [0.15, 0.2) is 39.3 Å². The van der Waals surface area contributed by atoms with E-state index in [0.717, 1.165) is 43.1 Å². The highest BCUT2D eigenvalue weighted by atomic mass is 16.3. The van der Waals surface area contributed by atoms with Crippen LogP contribution in [0.1, 0.15) is 94.6 Å². The average molecular weight is 580 g/mol. The predicted molar refractivity (Wildman–Crippen MR) is 167 cm³/mol. The Morgan fingerprint density at radius 1 is 0.976 bits per heavy atom. The van der Waals surface area contributed by atoms with E-state index in [1.54, 1.807) is 38.1 Å². The molecule has 230 valence electrons. The molecule has 0 aliphatic carbocycles. The van der Waals surface area contributed by atoms with Gasteiger partial charge in [0.2, 0.25) is 5.88 Å². The van der Waals surface area contributed by atoms with Crippen molar-refractivity contribution >= 4 is 17.3 Å². The maximum Gasteiger partial charge on any atom is 0.281 e. The first-order valence-corrected chi connectivity index (χ1v) is 15.3. The Morgan fingerprint density at radius 3 is 1.93 bits per heavy atom. The van der Waals surface area contributed by atoms with Crippen molar-refractivity contribution in [1.29, 1.82) is 5.26 Å². The molecule has 0 spiro atoms. The minimum absolute atomic E-state index is 0.0134. The maximum absolute atomic E-state index is 13.9. The standard InChI is InChI=1S/C32H49N7O3/c1-7-12-27(34)22(9-3)19-38(20-23(10-4)28(35)13-8-2)30(40)24-14-16-25(17-15-24)36-37-29-21(6)26(18-33)31(41)39(11-5)32(29)42/h14-17,22-23,27-28,41H,7-13,19-20,34-35H2,1-6H3. The van der Waals surface area contributed by atoms with Gasteiger partial charge in [0.05, 0.1) is 5.69 Å². The van der Waals surface area contributed by atoms with Gasteiger partial charge in [-0.05, 0) is 62.8 Å². The molecule has 1 aromatic carbocycles. The number of azo groups is 1. The highest BCUT2D eigenvalue weighted by Crippen LogP contribution is 2.27. The Bertz CT molecular complexity index is 1280. The molecule has 4 unspecified atom stereocenters. The number of rotatable bonds is 16. The van der Waals surface area contributed by atoms with E-state index in [1.807, 2.05) is 11.0 Å². The summed E-state index contributed by atoms with van der Waals surface area (Å²) in [7, 11) is 0. The third-order valence-corrected chi connectivity index (χ3v) is 8.17. The molecule has 0 saturated heterocycles. The van der Waals surface area contributed by atoms with Gasteiger partial charge in [-0.3, -0.25) is 14.2 Å². The summed E-state index contributed by atoms with van der Waals surface area (Å²) in [6, 6.07) is 8.73. The van der Waals surface area contributed by atoms with Crippen molar-refractivity contribution in [3.63, 3.8) is 0 Å². The first-order valence-electron chi connectivity index (χ1n) is 15.3. The number of benzene rings is 1.